The number of carbonyl (C=O) groups is 2. The maximum absolute atomic E-state index is 14.5. The van der Waals surface area contributed by atoms with Gasteiger partial charge in [-0.2, -0.15) is 0 Å². The van der Waals surface area contributed by atoms with Gasteiger partial charge in [-0.15, -0.1) is 0 Å². The summed E-state index contributed by atoms with van der Waals surface area (Å²) in [5.74, 6) is -3.24. The zero-order chi connectivity index (χ0) is 24.8. The number of sulfonamides is 1. The minimum absolute atomic E-state index is 0.0775. The maximum atomic E-state index is 14.5. The van der Waals surface area contributed by atoms with Gasteiger partial charge in [0.1, 0.15) is 23.8 Å². The number of hydrogen-bond acceptors (Lipinski definition) is 4. The predicted octanol–water partition coefficient (Wildman–Crippen LogP) is 3.09. The number of alkyl halides is 1. The van der Waals surface area contributed by atoms with E-state index in [0.29, 0.717) is 12.8 Å². The van der Waals surface area contributed by atoms with Crippen LogP contribution < -0.4 is 10.5 Å². The molecule has 3 atom stereocenters. The molecule has 2 fully saturated rings. The van der Waals surface area contributed by atoms with Crippen molar-refractivity contribution in [1.82, 2.24) is 10.2 Å². The number of amides is 2. The number of nitrogens with two attached hydrogens (primary N) is 1. The average Bonchev–Trinajstić information content (AvgIpc) is 3.54. The number of carbonyl (C=O) groups excluding carboxylic acids is 2. The first-order chi connectivity index (χ1) is 16.0. The number of nitrogens with one attached hydrogen (secondary N) is 1. The lowest BCUT2D eigenvalue weighted by Crippen LogP contribution is -2.47. The van der Waals surface area contributed by atoms with Crippen LogP contribution >= 0.6 is 11.6 Å². The summed E-state index contributed by atoms with van der Waals surface area (Å²) in [7, 11) is -4.08. The molecule has 182 valence electrons. The lowest BCUT2D eigenvalue weighted by atomic mass is 10.0. The molecule has 4 rings (SSSR count). The highest BCUT2D eigenvalue weighted by molar-refractivity contribution is 7.89. The first-order valence-corrected chi connectivity index (χ1v) is 12.4. The lowest BCUT2D eigenvalue weighted by molar-refractivity contribution is -0.125. The van der Waals surface area contributed by atoms with E-state index in [9.17, 15) is 31.2 Å². The molecule has 1 saturated carbocycles. The molecule has 0 spiro atoms. The van der Waals surface area contributed by atoms with Crippen molar-refractivity contribution in [2.75, 3.05) is 6.54 Å². The Kier molecular flexibility index (Phi) is 6.63. The quantitative estimate of drug-likeness (QED) is 0.576. The van der Waals surface area contributed by atoms with Crippen molar-refractivity contribution >= 4 is 33.4 Å². The van der Waals surface area contributed by atoms with Crippen LogP contribution in [0.2, 0.25) is 5.02 Å². The Bertz CT molecular complexity index is 1260. The zero-order valence-electron chi connectivity index (χ0n) is 17.7. The van der Waals surface area contributed by atoms with Gasteiger partial charge in [-0.05, 0) is 49.1 Å². The van der Waals surface area contributed by atoms with Crippen molar-refractivity contribution in [2.45, 2.75) is 42.4 Å². The largest absolute Gasteiger partial charge is 0.347 e. The number of rotatable bonds is 6. The van der Waals surface area contributed by atoms with E-state index in [0.717, 1.165) is 23.1 Å². The van der Waals surface area contributed by atoms with Crippen LogP contribution in [-0.4, -0.2) is 43.9 Å². The maximum Gasteiger partial charge on any atom is 0.254 e. The summed E-state index contributed by atoms with van der Waals surface area (Å²) in [6.45, 7) is -0.380. The Balaban J connectivity index is 1.58. The van der Waals surface area contributed by atoms with Gasteiger partial charge in [0, 0.05) is 17.5 Å². The van der Waals surface area contributed by atoms with Gasteiger partial charge in [0.05, 0.1) is 22.5 Å². The monoisotopic (exact) mass is 515 g/mol. The van der Waals surface area contributed by atoms with Crippen LogP contribution in [0.15, 0.2) is 41.3 Å². The van der Waals surface area contributed by atoms with Gasteiger partial charge in [0.2, 0.25) is 15.9 Å². The third kappa shape index (κ3) is 5.06. The van der Waals surface area contributed by atoms with Crippen LogP contribution in [0.3, 0.4) is 0 Å². The standard InChI is InChI=1S/C22H21ClF3N3O4S/c23-16-9-17(25)15(8-18(16)26)20(11-4-5-11)28-21(30)19-7-13(24)10-29(19)22(31)12-2-1-3-14(6-12)34(27,32)33/h1-3,6,8-9,11,13,19-20H,4-5,7,10H2,(H,28,30)(H2,27,32,33)/t13-,19+,20?/m0/s1. The van der Waals surface area contributed by atoms with E-state index in [4.69, 9.17) is 16.7 Å². The molecule has 2 aromatic carbocycles. The van der Waals surface area contributed by atoms with Gasteiger partial charge < -0.3 is 10.2 Å². The number of likely N-dealkylation sites (tertiary alicyclic amines) is 1. The number of nitrogens with zero attached hydrogens (tertiary/aromatic N) is 1. The molecule has 2 amide bonds. The van der Waals surface area contributed by atoms with Crippen molar-refractivity contribution in [3.05, 3.63) is 64.2 Å². The summed E-state index contributed by atoms with van der Waals surface area (Å²) in [5.41, 5.74) is -0.158. The number of primary sulfonamides is 1. The second-order valence-corrected chi connectivity index (χ2v) is 10.5. The molecule has 7 nitrogen and oxygen atoms in total. The van der Waals surface area contributed by atoms with E-state index in [2.05, 4.69) is 5.32 Å². The number of halogens is 4. The minimum atomic E-state index is -4.08. The molecule has 12 heteroatoms. The summed E-state index contributed by atoms with van der Waals surface area (Å²) in [6.07, 6.45) is -0.436. The first kappa shape index (κ1) is 24.5. The van der Waals surface area contributed by atoms with Gasteiger partial charge >= 0.3 is 0 Å². The normalized spacial score (nSPS) is 21.4. The van der Waals surface area contributed by atoms with Crippen LogP contribution in [0.25, 0.3) is 0 Å². The molecule has 1 saturated heterocycles. The van der Waals surface area contributed by atoms with E-state index < -0.39 is 56.8 Å². The summed E-state index contributed by atoms with van der Waals surface area (Å²) in [5, 5.41) is 7.37. The molecule has 1 unspecified atom stereocenters. The molecule has 2 aliphatic rings. The fraction of sp³-hybridized carbons (Fsp3) is 0.364. The van der Waals surface area contributed by atoms with E-state index in [1.165, 1.54) is 18.2 Å². The molecule has 34 heavy (non-hydrogen) atoms. The molecular weight excluding hydrogens is 495 g/mol. The average molecular weight is 516 g/mol. The molecule has 3 N–H and O–H groups in total. The lowest BCUT2D eigenvalue weighted by Gasteiger charge is -2.27. The topological polar surface area (TPSA) is 110 Å². The van der Waals surface area contributed by atoms with Crippen LogP contribution in [-0.2, 0) is 14.8 Å². The Morgan fingerprint density at radius 1 is 1.15 bits per heavy atom. The first-order valence-electron chi connectivity index (χ1n) is 10.5. The van der Waals surface area contributed by atoms with Crippen LogP contribution in [0, 0.1) is 17.6 Å². The number of hydrogen-bond donors (Lipinski definition) is 2. The third-order valence-electron chi connectivity index (χ3n) is 5.99. The molecular formula is C22H21ClF3N3O4S. The van der Waals surface area contributed by atoms with Gasteiger partial charge in [0.25, 0.3) is 5.91 Å². The molecule has 0 radical (unpaired) electrons. The Morgan fingerprint density at radius 3 is 2.50 bits per heavy atom. The molecule has 0 bridgehead atoms. The van der Waals surface area contributed by atoms with Crippen LogP contribution in [0.1, 0.15) is 41.2 Å². The van der Waals surface area contributed by atoms with Crippen molar-refractivity contribution in [2.24, 2.45) is 11.1 Å². The molecule has 1 heterocycles. The van der Waals surface area contributed by atoms with Crippen molar-refractivity contribution in [3.8, 4) is 0 Å². The van der Waals surface area contributed by atoms with E-state index >= 15 is 0 Å². The van der Waals surface area contributed by atoms with Crippen LogP contribution in [0.4, 0.5) is 13.2 Å². The van der Waals surface area contributed by atoms with Crippen molar-refractivity contribution in [3.63, 3.8) is 0 Å². The van der Waals surface area contributed by atoms with Gasteiger partial charge in [-0.3, -0.25) is 9.59 Å². The summed E-state index contributed by atoms with van der Waals surface area (Å²) < 4.78 is 66.1. The highest BCUT2D eigenvalue weighted by atomic mass is 35.5. The fourth-order valence-electron chi connectivity index (χ4n) is 4.13. The Hall–Kier alpha value is -2.63. The SMILES string of the molecule is NS(=O)(=O)c1cccc(C(=O)N2C[C@@H](F)C[C@@H]2C(=O)NC(c2cc(F)c(Cl)cc2F)C2CC2)c1. The second-order valence-electron chi connectivity index (χ2n) is 8.49. The van der Waals surface area contributed by atoms with E-state index in [1.807, 2.05) is 0 Å². The molecule has 1 aliphatic heterocycles. The smallest absolute Gasteiger partial charge is 0.254 e. The predicted molar refractivity (Wildman–Crippen MR) is 117 cm³/mol. The molecule has 2 aromatic rings. The van der Waals surface area contributed by atoms with Crippen molar-refractivity contribution < 1.29 is 31.2 Å². The summed E-state index contributed by atoms with van der Waals surface area (Å²) in [4.78, 5) is 26.9. The van der Waals surface area contributed by atoms with E-state index in [-0.39, 0.29) is 34.9 Å². The van der Waals surface area contributed by atoms with Gasteiger partial charge in [0.15, 0.2) is 0 Å². The minimum Gasteiger partial charge on any atom is -0.347 e. The van der Waals surface area contributed by atoms with E-state index in [1.54, 1.807) is 0 Å². The Morgan fingerprint density at radius 2 is 1.85 bits per heavy atom. The zero-order valence-corrected chi connectivity index (χ0v) is 19.3. The number of benzene rings is 2. The van der Waals surface area contributed by atoms with Gasteiger partial charge in [-0.1, -0.05) is 17.7 Å². The van der Waals surface area contributed by atoms with Crippen LogP contribution in [0.5, 0.6) is 0 Å². The highest BCUT2D eigenvalue weighted by Crippen LogP contribution is 2.42. The summed E-state index contributed by atoms with van der Waals surface area (Å²) >= 11 is 5.63. The molecule has 1 aliphatic carbocycles. The molecule has 0 aromatic heterocycles. The Labute approximate surface area is 199 Å². The van der Waals surface area contributed by atoms with Crippen molar-refractivity contribution in [1.29, 1.82) is 0 Å². The van der Waals surface area contributed by atoms with Gasteiger partial charge in [-0.25, -0.2) is 26.7 Å². The summed E-state index contributed by atoms with van der Waals surface area (Å²) in [6, 6.07) is 4.56. The second kappa shape index (κ2) is 9.20. The third-order valence-corrected chi connectivity index (χ3v) is 7.19. The fourth-order valence-corrected chi connectivity index (χ4v) is 4.84. The highest BCUT2D eigenvalue weighted by Gasteiger charge is 2.43.